The average Bonchev–Trinajstić information content (AvgIpc) is 2.48. The minimum atomic E-state index is -4.01. The number of nitrogens with one attached hydrogen (secondary N) is 2. The fourth-order valence-electron chi connectivity index (χ4n) is 2.09. The van der Waals surface area contributed by atoms with Crippen LogP contribution in [0.2, 0.25) is 0 Å². The molecule has 0 fully saturated rings. The first-order valence-corrected chi connectivity index (χ1v) is 8.12. The first-order chi connectivity index (χ1) is 10.3. The summed E-state index contributed by atoms with van der Waals surface area (Å²) in [7, 11) is -4.01. The molecule has 0 radical (unpaired) electrons. The number of benzene rings is 1. The van der Waals surface area contributed by atoms with Crippen LogP contribution in [-0.2, 0) is 10.0 Å². The third kappa shape index (κ3) is 3.67. The molecule has 0 amide bonds. The lowest BCUT2D eigenvalue weighted by Crippen LogP contribution is -2.29. The molecule has 2 rings (SSSR count). The molecule has 0 unspecified atom stereocenters. The predicted molar refractivity (Wildman–Crippen MR) is 78.5 cm³/mol. The third-order valence-corrected chi connectivity index (χ3v) is 4.83. The van der Waals surface area contributed by atoms with Gasteiger partial charge < -0.3 is 5.32 Å². The summed E-state index contributed by atoms with van der Waals surface area (Å²) in [4.78, 5) is 9.62. The van der Waals surface area contributed by atoms with Gasteiger partial charge in [-0.05, 0) is 26.0 Å². The Balaban J connectivity index is 2.25. The van der Waals surface area contributed by atoms with E-state index in [1.165, 1.54) is 6.92 Å². The van der Waals surface area contributed by atoms with Crippen molar-refractivity contribution in [3.63, 3.8) is 0 Å². The molecular formula is C13H16FN3O4S. The van der Waals surface area contributed by atoms with Crippen molar-refractivity contribution in [2.75, 3.05) is 19.6 Å². The molecule has 1 aliphatic rings. The highest BCUT2D eigenvalue weighted by molar-refractivity contribution is 7.89. The fraction of sp³-hybridized carbons (Fsp3) is 0.385. The quantitative estimate of drug-likeness (QED) is 0.481. The molecule has 1 aromatic rings. The normalized spacial score (nSPS) is 15.5. The van der Waals surface area contributed by atoms with Crippen LogP contribution in [0, 0.1) is 22.9 Å². The van der Waals surface area contributed by atoms with Gasteiger partial charge in [0.15, 0.2) is 0 Å². The Bertz CT molecular complexity index is 731. The molecule has 1 aliphatic heterocycles. The summed E-state index contributed by atoms with van der Waals surface area (Å²) in [5.41, 5.74) is 0.177. The SMILES string of the molecule is Cc1c(F)cc(S(=O)(=O)NCC2=CCNCC2)cc1[N+](=O)[O-]. The molecule has 0 aliphatic carbocycles. The Morgan fingerprint density at radius 1 is 1.45 bits per heavy atom. The molecule has 0 atom stereocenters. The second-order valence-corrected chi connectivity index (χ2v) is 6.71. The second kappa shape index (κ2) is 6.51. The summed E-state index contributed by atoms with van der Waals surface area (Å²) in [6.07, 6.45) is 2.59. The van der Waals surface area contributed by atoms with E-state index in [0.717, 1.165) is 24.3 Å². The van der Waals surface area contributed by atoms with Gasteiger partial charge in [0.2, 0.25) is 10.0 Å². The van der Waals surface area contributed by atoms with E-state index in [1.807, 2.05) is 6.08 Å². The smallest absolute Gasteiger partial charge is 0.276 e. The number of rotatable bonds is 5. The molecular weight excluding hydrogens is 313 g/mol. The Hall–Kier alpha value is -1.84. The van der Waals surface area contributed by atoms with Crippen LogP contribution >= 0.6 is 0 Å². The van der Waals surface area contributed by atoms with Crippen LogP contribution in [0.4, 0.5) is 10.1 Å². The minimum Gasteiger partial charge on any atom is -0.313 e. The molecule has 0 saturated carbocycles. The summed E-state index contributed by atoms with van der Waals surface area (Å²) in [5, 5.41) is 14.0. The molecule has 1 heterocycles. The molecule has 2 N–H and O–H groups in total. The summed E-state index contributed by atoms with van der Waals surface area (Å²) in [6, 6.07) is 1.67. The second-order valence-electron chi connectivity index (χ2n) is 4.95. The van der Waals surface area contributed by atoms with Crippen LogP contribution in [0.3, 0.4) is 0 Å². The maximum atomic E-state index is 13.7. The van der Waals surface area contributed by atoms with E-state index in [9.17, 15) is 22.9 Å². The van der Waals surface area contributed by atoms with E-state index in [1.54, 1.807) is 0 Å². The maximum absolute atomic E-state index is 13.7. The van der Waals surface area contributed by atoms with Gasteiger partial charge >= 0.3 is 0 Å². The van der Waals surface area contributed by atoms with Gasteiger partial charge in [0.25, 0.3) is 5.69 Å². The zero-order chi connectivity index (χ0) is 16.3. The Kier molecular flexibility index (Phi) is 4.89. The van der Waals surface area contributed by atoms with Crippen LogP contribution in [0.5, 0.6) is 0 Å². The number of sulfonamides is 1. The van der Waals surface area contributed by atoms with Crippen molar-refractivity contribution in [2.24, 2.45) is 0 Å². The molecule has 0 bridgehead atoms. The standard InChI is InChI=1S/C13H16FN3O4S/c1-9-12(14)6-11(7-13(9)17(18)19)22(20,21)16-8-10-2-4-15-5-3-10/h2,6-7,15-16H,3-5,8H2,1H3. The van der Waals surface area contributed by atoms with Crippen molar-refractivity contribution in [2.45, 2.75) is 18.2 Å². The van der Waals surface area contributed by atoms with Crippen molar-refractivity contribution < 1.29 is 17.7 Å². The Morgan fingerprint density at radius 3 is 2.77 bits per heavy atom. The molecule has 22 heavy (non-hydrogen) atoms. The van der Waals surface area contributed by atoms with Gasteiger partial charge in [0.05, 0.1) is 15.4 Å². The number of hydrogen-bond donors (Lipinski definition) is 2. The zero-order valence-electron chi connectivity index (χ0n) is 11.9. The summed E-state index contributed by atoms with van der Waals surface area (Å²) in [5.74, 6) is -0.921. The minimum absolute atomic E-state index is 0.104. The summed E-state index contributed by atoms with van der Waals surface area (Å²) < 4.78 is 40.4. The summed E-state index contributed by atoms with van der Waals surface area (Å²) in [6.45, 7) is 2.77. The van der Waals surface area contributed by atoms with Crippen molar-refractivity contribution in [1.29, 1.82) is 0 Å². The molecule has 120 valence electrons. The number of nitro groups is 1. The van der Waals surface area contributed by atoms with E-state index >= 15 is 0 Å². The van der Waals surface area contributed by atoms with Crippen LogP contribution in [-0.4, -0.2) is 33.0 Å². The van der Waals surface area contributed by atoms with Gasteiger partial charge in [-0.3, -0.25) is 10.1 Å². The average molecular weight is 329 g/mol. The number of halogens is 1. The lowest BCUT2D eigenvalue weighted by molar-refractivity contribution is -0.385. The molecule has 0 spiro atoms. The highest BCUT2D eigenvalue weighted by atomic mass is 32.2. The maximum Gasteiger partial charge on any atom is 0.276 e. The topological polar surface area (TPSA) is 101 Å². The van der Waals surface area contributed by atoms with E-state index in [-0.39, 0.29) is 12.1 Å². The van der Waals surface area contributed by atoms with Gasteiger partial charge in [0.1, 0.15) is 5.82 Å². The van der Waals surface area contributed by atoms with Gasteiger partial charge in [0, 0.05) is 19.2 Å². The van der Waals surface area contributed by atoms with Gasteiger partial charge in [-0.25, -0.2) is 17.5 Å². The van der Waals surface area contributed by atoms with Crippen LogP contribution in [0.25, 0.3) is 0 Å². The van der Waals surface area contributed by atoms with Crippen LogP contribution in [0.15, 0.2) is 28.7 Å². The van der Waals surface area contributed by atoms with Crippen molar-refractivity contribution >= 4 is 15.7 Å². The highest BCUT2D eigenvalue weighted by Gasteiger charge is 2.23. The molecule has 9 heteroatoms. The van der Waals surface area contributed by atoms with E-state index in [0.29, 0.717) is 13.0 Å². The molecule has 7 nitrogen and oxygen atoms in total. The van der Waals surface area contributed by atoms with E-state index in [4.69, 9.17) is 0 Å². The lowest BCUT2D eigenvalue weighted by atomic mass is 10.1. The van der Waals surface area contributed by atoms with Crippen molar-refractivity contribution in [3.05, 3.63) is 45.3 Å². The van der Waals surface area contributed by atoms with E-state index < -0.39 is 31.3 Å². The molecule has 0 saturated heterocycles. The first kappa shape index (κ1) is 16.5. The zero-order valence-corrected chi connectivity index (χ0v) is 12.7. The number of nitrogens with zero attached hydrogens (tertiary/aromatic N) is 1. The largest absolute Gasteiger partial charge is 0.313 e. The van der Waals surface area contributed by atoms with Gasteiger partial charge in [-0.1, -0.05) is 11.6 Å². The van der Waals surface area contributed by atoms with Crippen LogP contribution in [0.1, 0.15) is 12.0 Å². The highest BCUT2D eigenvalue weighted by Crippen LogP contribution is 2.25. The fourth-order valence-corrected chi connectivity index (χ4v) is 3.15. The Morgan fingerprint density at radius 2 is 2.18 bits per heavy atom. The lowest BCUT2D eigenvalue weighted by Gasteiger charge is -2.15. The predicted octanol–water partition coefficient (Wildman–Crippen LogP) is 1.24. The van der Waals surface area contributed by atoms with Gasteiger partial charge in [-0.15, -0.1) is 0 Å². The monoisotopic (exact) mass is 329 g/mol. The molecule has 1 aromatic carbocycles. The molecule has 0 aromatic heterocycles. The Labute approximate surface area is 127 Å². The van der Waals surface area contributed by atoms with Crippen molar-refractivity contribution in [1.82, 2.24) is 10.0 Å². The van der Waals surface area contributed by atoms with E-state index in [2.05, 4.69) is 10.0 Å². The number of nitro benzene ring substituents is 1. The van der Waals surface area contributed by atoms with Crippen LogP contribution < -0.4 is 10.0 Å². The van der Waals surface area contributed by atoms with Crippen molar-refractivity contribution in [3.8, 4) is 0 Å². The third-order valence-electron chi connectivity index (χ3n) is 3.44. The summed E-state index contributed by atoms with van der Waals surface area (Å²) >= 11 is 0. The van der Waals surface area contributed by atoms with Gasteiger partial charge in [-0.2, -0.15) is 0 Å². The number of hydrogen-bond acceptors (Lipinski definition) is 5. The first-order valence-electron chi connectivity index (χ1n) is 6.64.